The maximum Gasteiger partial charge on any atom is 0.0540 e. The molecule has 3 nitrogen and oxygen atoms in total. The number of rotatable bonds is 10. The molecule has 0 aliphatic heterocycles. The summed E-state index contributed by atoms with van der Waals surface area (Å²) in [5.74, 6) is 2.01. The van der Waals surface area contributed by atoms with Gasteiger partial charge in [0.25, 0.3) is 0 Å². The Balaban J connectivity index is 1.04. The minimum atomic E-state index is 0.627. The van der Waals surface area contributed by atoms with E-state index in [-0.39, 0.29) is 0 Å². The van der Waals surface area contributed by atoms with Gasteiger partial charge in [-0.2, -0.15) is 0 Å². The first-order valence-electron chi connectivity index (χ1n) is 19.6. The van der Waals surface area contributed by atoms with Crippen LogP contribution >= 0.6 is 0 Å². The van der Waals surface area contributed by atoms with Gasteiger partial charge in [-0.3, -0.25) is 0 Å². The number of hydrogen-bond donors (Lipinski definition) is 0. The number of nitrogens with zero attached hydrogens (tertiary/aromatic N) is 3. The Bertz CT molecular complexity index is 2420. The summed E-state index contributed by atoms with van der Waals surface area (Å²) in [6.07, 6.45) is 7.49. The highest BCUT2D eigenvalue weighted by Crippen LogP contribution is 2.46. The lowest BCUT2D eigenvalue weighted by atomic mass is 9.92. The molecule has 3 atom stereocenters. The Kier molecular flexibility index (Phi) is 8.61. The molecule has 10 rings (SSSR count). The van der Waals surface area contributed by atoms with E-state index in [0.717, 1.165) is 35.2 Å². The van der Waals surface area contributed by atoms with Crippen LogP contribution in [-0.2, 0) is 0 Å². The molecule has 8 aromatic rings. The largest absolute Gasteiger partial charge is 0.341 e. The molecule has 1 saturated carbocycles. The zero-order valence-corrected chi connectivity index (χ0v) is 30.8. The number of allylic oxidation sites excluding steroid dienone is 2. The Morgan fingerprint density at radius 2 is 0.782 bits per heavy atom. The molecule has 0 saturated heterocycles. The number of fused-ring (bicyclic) bond motifs is 4. The molecule has 8 aromatic carbocycles. The van der Waals surface area contributed by atoms with E-state index < -0.39 is 0 Å². The highest BCUT2D eigenvalue weighted by Gasteiger charge is 2.36. The van der Waals surface area contributed by atoms with Crippen LogP contribution in [0.4, 0.5) is 45.5 Å². The molecular formula is C52H43N3. The van der Waals surface area contributed by atoms with E-state index in [2.05, 4.69) is 221 Å². The molecule has 0 amide bonds. The van der Waals surface area contributed by atoms with Gasteiger partial charge in [-0.15, -0.1) is 0 Å². The molecule has 266 valence electrons. The molecule has 3 unspecified atom stereocenters. The van der Waals surface area contributed by atoms with Crippen LogP contribution < -0.4 is 14.7 Å². The van der Waals surface area contributed by atoms with Crippen molar-refractivity contribution in [2.24, 2.45) is 17.8 Å². The highest BCUT2D eigenvalue weighted by atomic mass is 15.2. The highest BCUT2D eigenvalue weighted by molar-refractivity contribution is 6.00. The third-order valence-corrected chi connectivity index (χ3v) is 11.7. The van der Waals surface area contributed by atoms with E-state index in [1.165, 1.54) is 57.1 Å². The van der Waals surface area contributed by atoms with Gasteiger partial charge in [-0.25, -0.2) is 0 Å². The van der Waals surface area contributed by atoms with Gasteiger partial charge in [0.2, 0.25) is 0 Å². The van der Waals surface area contributed by atoms with Crippen molar-refractivity contribution in [2.75, 3.05) is 21.2 Å². The minimum Gasteiger partial charge on any atom is -0.341 e. The van der Waals surface area contributed by atoms with Crippen LogP contribution in [0.15, 0.2) is 206 Å². The van der Waals surface area contributed by atoms with Gasteiger partial charge in [0, 0.05) is 51.4 Å². The van der Waals surface area contributed by atoms with Crippen LogP contribution in [0.25, 0.3) is 21.5 Å². The Morgan fingerprint density at radius 1 is 0.364 bits per heavy atom. The van der Waals surface area contributed by atoms with Crippen LogP contribution in [0, 0.1) is 17.8 Å². The number of benzene rings is 8. The number of para-hydroxylation sites is 2. The second kappa shape index (κ2) is 14.3. The third-order valence-electron chi connectivity index (χ3n) is 11.7. The first-order chi connectivity index (χ1) is 27.3. The Morgan fingerprint density at radius 3 is 1.24 bits per heavy atom. The van der Waals surface area contributed by atoms with E-state index in [1.807, 2.05) is 0 Å². The van der Waals surface area contributed by atoms with Crippen LogP contribution in [-0.4, -0.2) is 6.54 Å². The average molecular weight is 710 g/mol. The summed E-state index contributed by atoms with van der Waals surface area (Å²) in [6.45, 7) is 0.988. The zero-order chi connectivity index (χ0) is 36.6. The maximum atomic E-state index is 2.56. The van der Waals surface area contributed by atoms with E-state index in [4.69, 9.17) is 0 Å². The lowest BCUT2D eigenvalue weighted by Gasteiger charge is -2.32. The van der Waals surface area contributed by atoms with Gasteiger partial charge in [0.1, 0.15) is 0 Å². The summed E-state index contributed by atoms with van der Waals surface area (Å²) in [5.41, 5.74) is 9.33. The lowest BCUT2D eigenvalue weighted by Crippen LogP contribution is -2.27. The van der Waals surface area contributed by atoms with Crippen molar-refractivity contribution in [3.63, 3.8) is 0 Å². The fourth-order valence-electron chi connectivity index (χ4n) is 9.08. The topological polar surface area (TPSA) is 9.72 Å². The number of anilines is 8. The standard InChI is InChI=1S/C52H43N3/c1-3-17-45(18-4-1)54(51-23-11-15-39-13-7-9-21-49(39)51)47-31-27-43(28-32-47)53(37-42-36-38-25-26-41(42)35-38)44-29-33-48(34-30-44)55(46-19-5-2-6-20-46)52-24-12-16-40-14-8-10-22-50(40)52/h1-34,38,41-42H,35-37H2. The van der Waals surface area contributed by atoms with Crippen molar-refractivity contribution in [2.45, 2.75) is 12.8 Å². The predicted molar refractivity (Wildman–Crippen MR) is 233 cm³/mol. The molecule has 55 heavy (non-hydrogen) atoms. The lowest BCUT2D eigenvalue weighted by molar-refractivity contribution is 0.456. The van der Waals surface area contributed by atoms with Crippen LogP contribution in [0.2, 0.25) is 0 Å². The second-order valence-corrected chi connectivity index (χ2v) is 15.0. The second-order valence-electron chi connectivity index (χ2n) is 15.0. The molecule has 2 bridgehead atoms. The summed E-state index contributed by atoms with van der Waals surface area (Å²) in [6, 6.07) is 70.4. The Hall–Kier alpha value is -6.58. The molecule has 1 fully saturated rings. The molecular weight excluding hydrogens is 667 g/mol. The van der Waals surface area contributed by atoms with E-state index >= 15 is 0 Å². The number of hydrogen-bond acceptors (Lipinski definition) is 3. The zero-order valence-electron chi connectivity index (χ0n) is 30.8. The molecule has 0 aromatic heterocycles. The van der Waals surface area contributed by atoms with Crippen LogP contribution in [0.5, 0.6) is 0 Å². The summed E-state index contributed by atoms with van der Waals surface area (Å²) < 4.78 is 0. The van der Waals surface area contributed by atoms with Gasteiger partial charge in [0.05, 0.1) is 11.4 Å². The fourth-order valence-corrected chi connectivity index (χ4v) is 9.08. The normalized spacial score (nSPS) is 17.1. The summed E-state index contributed by atoms with van der Waals surface area (Å²) in [5, 5.41) is 4.94. The van der Waals surface area contributed by atoms with Crippen LogP contribution in [0.3, 0.4) is 0 Å². The average Bonchev–Trinajstić information content (AvgIpc) is 3.89. The van der Waals surface area contributed by atoms with E-state index in [9.17, 15) is 0 Å². The maximum absolute atomic E-state index is 2.56. The van der Waals surface area contributed by atoms with Crippen molar-refractivity contribution in [3.05, 3.63) is 206 Å². The molecule has 0 spiro atoms. The molecule has 0 N–H and O–H groups in total. The molecule has 0 heterocycles. The quantitative estimate of drug-likeness (QED) is 0.131. The van der Waals surface area contributed by atoms with Gasteiger partial charge in [-0.1, -0.05) is 121 Å². The van der Waals surface area contributed by atoms with Gasteiger partial charge >= 0.3 is 0 Å². The summed E-state index contributed by atoms with van der Waals surface area (Å²) in [7, 11) is 0. The smallest absolute Gasteiger partial charge is 0.0540 e. The summed E-state index contributed by atoms with van der Waals surface area (Å²) in [4.78, 5) is 7.33. The van der Waals surface area contributed by atoms with Crippen LogP contribution in [0.1, 0.15) is 12.8 Å². The van der Waals surface area contributed by atoms with Gasteiger partial charge < -0.3 is 14.7 Å². The van der Waals surface area contributed by atoms with E-state index in [1.54, 1.807) is 0 Å². The SMILES string of the molecule is C1=CC2CC1CC2CN(c1ccc(N(c2ccccc2)c2cccc3ccccc23)cc1)c1ccc(N(c2ccccc2)c2cccc3ccccc23)cc1. The molecule has 0 radical (unpaired) electrons. The van der Waals surface area contributed by atoms with Crippen molar-refractivity contribution in [3.8, 4) is 0 Å². The van der Waals surface area contributed by atoms with Crippen molar-refractivity contribution in [1.29, 1.82) is 0 Å². The van der Waals surface area contributed by atoms with Gasteiger partial charge in [0.15, 0.2) is 0 Å². The third kappa shape index (κ3) is 6.32. The Labute approximate surface area is 324 Å². The molecule has 3 heteroatoms. The van der Waals surface area contributed by atoms with Crippen molar-refractivity contribution >= 4 is 67.0 Å². The predicted octanol–water partition coefficient (Wildman–Crippen LogP) is 14.3. The summed E-state index contributed by atoms with van der Waals surface area (Å²) >= 11 is 0. The molecule has 2 aliphatic rings. The fraction of sp³-hybridized carbons (Fsp3) is 0.115. The van der Waals surface area contributed by atoms with Crippen molar-refractivity contribution in [1.82, 2.24) is 0 Å². The monoisotopic (exact) mass is 709 g/mol. The first-order valence-corrected chi connectivity index (χ1v) is 19.6. The first kappa shape index (κ1) is 33.0. The van der Waals surface area contributed by atoms with Gasteiger partial charge in [-0.05, 0) is 126 Å². The van der Waals surface area contributed by atoms with Crippen molar-refractivity contribution < 1.29 is 0 Å². The minimum absolute atomic E-state index is 0.627. The molecule has 2 aliphatic carbocycles. The van der Waals surface area contributed by atoms with E-state index in [0.29, 0.717) is 11.8 Å².